The highest BCUT2D eigenvalue weighted by atomic mass is 32.2. The summed E-state index contributed by atoms with van der Waals surface area (Å²) in [7, 11) is 0. The van der Waals surface area contributed by atoms with Gasteiger partial charge in [0.2, 0.25) is 11.8 Å². The van der Waals surface area contributed by atoms with Gasteiger partial charge in [-0.05, 0) is 0 Å². The van der Waals surface area contributed by atoms with Crippen molar-refractivity contribution in [1.29, 1.82) is 0 Å². The summed E-state index contributed by atoms with van der Waals surface area (Å²) in [6, 6.07) is 0. The van der Waals surface area contributed by atoms with Crippen molar-refractivity contribution in [2.24, 2.45) is 0 Å². The van der Waals surface area contributed by atoms with E-state index in [2.05, 4.69) is 0 Å². The highest BCUT2D eigenvalue weighted by molar-refractivity contribution is 8.00. The van der Waals surface area contributed by atoms with Crippen molar-refractivity contribution < 1.29 is 22.8 Å². The van der Waals surface area contributed by atoms with Crippen LogP contribution in [0.3, 0.4) is 0 Å². The molecule has 1 saturated heterocycles. The normalized spacial score (nSPS) is 17.0. The molecule has 15 heavy (non-hydrogen) atoms. The van der Waals surface area contributed by atoms with E-state index in [0.717, 1.165) is 0 Å². The number of amides is 2. The van der Waals surface area contributed by atoms with Crippen LogP contribution in [0.4, 0.5) is 13.2 Å². The van der Waals surface area contributed by atoms with Crippen LogP contribution in [-0.2, 0) is 9.59 Å². The zero-order chi connectivity index (χ0) is 11.5. The fraction of sp³-hybridized carbons (Fsp3) is 0.714. The Labute approximate surface area is 88.2 Å². The summed E-state index contributed by atoms with van der Waals surface area (Å²) in [4.78, 5) is 23.2. The minimum atomic E-state index is -4.42. The zero-order valence-corrected chi connectivity index (χ0v) is 8.45. The number of hydrogen-bond donors (Lipinski definition) is 1. The summed E-state index contributed by atoms with van der Waals surface area (Å²) in [5.74, 6) is -0.365. The Morgan fingerprint density at radius 3 is 2.67 bits per heavy atom. The van der Waals surface area contributed by atoms with Gasteiger partial charge in [0.1, 0.15) is 13.1 Å². The number of alkyl halides is 3. The maximum Gasteiger partial charge on any atom is 0.405 e. The molecule has 1 aliphatic rings. The van der Waals surface area contributed by atoms with Crippen molar-refractivity contribution in [3.05, 3.63) is 0 Å². The van der Waals surface area contributed by atoms with Gasteiger partial charge < -0.3 is 10.2 Å². The number of nitrogens with zero attached hydrogens (tertiary/aromatic N) is 1. The van der Waals surface area contributed by atoms with Crippen LogP contribution in [0.5, 0.6) is 0 Å². The molecule has 1 rings (SSSR count). The topological polar surface area (TPSA) is 49.4 Å². The second-order valence-electron chi connectivity index (χ2n) is 2.96. The zero-order valence-electron chi connectivity index (χ0n) is 7.63. The van der Waals surface area contributed by atoms with Gasteiger partial charge in [0.05, 0.1) is 11.6 Å². The predicted molar refractivity (Wildman–Crippen MR) is 48.1 cm³/mol. The molecule has 1 heterocycles. The Hall–Kier alpha value is -0.920. The lowest BCUT2D eigenvalue weighted by Crippen LogP contribution is -2.41. The summed E-state index contributed by atoms with van der Waals surface area (Å²) in [6.07, 6.45) is -4.42. The van der Waals surface area contributed by atoms with E-state index in [1.54, 1.807) is 5.32 Å². The van der Waals surface area contributed by atoms with Gasteiger partial charge in [-0.25, -0.2) is 0 Å². The quantitative estimate of drug-likeness (QED) is 0.769. The molecule has 2 amide bonds. The first-order valence-electron chi connectivity index (χ1n) is 4.07. The van der Waals surface area contributed by atoms with E-state index in [-0.39, 0.29) is 18.2 Å². The monoisotopic (exact) mass is 242 g/mol. The van der Waals surface area contributed by atoms with Gasteiger partial charge in [-0.3, -0.25) is 9.59 Å². The average molecular weight is 242 g/mol. The van der Waals surface area contributed by atoms with Crippen molar-refractivity contribution >= 4 is 23.6 Å². The molecule has 0 atom stereocenters. The Kier molecular flexibility index (Phi) is 3.83. The number of carbonyl (C=O) groups is 2. The van der Waals surface area contributed by atoms with Gasteiger partial charge in [0.25, 0.3) is 0 Å². The standard InChI is InChI=1S/C7H9F3N2O2S/c8-7(9,10)3-11-5(13)1-12-4-15-2-6(12)14/h1-4H2,(H,11,13). The molecule has 1 aliphatic heterocycles. The highest BCUT2D eigenvalue weighted by Crippen LogP contribution is 2.14. The molecule has 0 aliphatic carbocycles. The molecule has 0 unspecified atom stereocenters. The molecular weight excluding hydrogens is 233 g/mol. The van der Waals surface area contributed by atoms with Crippen LogP contribution in [0, 0.1) is 0 Å². The van der Waals surface area contributed by atoms with Crippen molar-refractivity contribution in [3.63, 3.8) is 0 Å². The van der Waals surface area contributed by atoms with E-state index in [1.807, 2.05) is 0 Å². The van der Waals surface area contributed by atoms with Crippen LogP contribution in [0.25, 0.3) is 0 Å². The first kappa shape index (κ1) is 12.2. The highest BCUT2D eigenvalue weighted by Gasteiger charge is 2.29. The van der Waals surface area contributed by atoms with E-state index >= 15 is 0 Å². The molecule has 0 spiro atoms. The maximum atomic E-state index is 11.7. The minimum absolute atomic E-state index is 0.220. The first-order chi connectivity index (χ1) is 6.88. The maximum absolute atomic E-state index is 11.7. The smallest absolute Gasteiger partial charge is 0.345 e. The van der Waals surface area contributed by atoms with Gasteiger partial charge in [-0.1, -0.05) is 0 Å². The van der Waals surface area contributed by atoms with Crippen LogP contribution >= 0.6 is 11.8 Å². The van der Waals surface area contributed by atoms with Gasteiger partial charge in [-0.2, -0.15) is 13.2 Å². The third kappa shape index (κ3) is 4.41. The van der Waals surface area contributed by atoms with Crippen LogP contribution in [0.1, 0.15) is 0 Å². The summed E-state index contributed by atoms with van der Waals surface area (Å²) in [6.45, 7) is -1.66. The Morgan fingerprint density at radius 2 is 2.20 bits per heavy atom. The molecule has 0 bridgehead atoms. The van der Waals surface area contributed by atoms with E-state index in [1.165, 1.54) is 16.7 Å². The lowest BCUT2D eigenvalue weighted by Gasteiger charge is -2.14. The molecule has 0 saturated carbocycles. The Morgan fingerprint density at radius 1 is 1.53 bits per heavy atom. The van der Waals surface area contributed by atoms with Crippen molar-refractivity contribution in [2.45, 2.75) is 6.18 Å². The van der Waals surface area contributed by atoms with Gasteiger partial charge in [0.15, 0.2) is 0 Å². The molecule has 86 valence electrons. The number of thioether (sulfide) groups is 1. The fourth-order valence-corrected chi connectivity index (χ4v) is 1.87. The van der Waals surface area contributed by atoms with E-state index in [0.29, 0.717) is 5.88 Å². The number of carbonyl (C=O) groups excluding carboxylic acids is 2. The number of nitrogens with one attached hydrogen (secondary N) is 1. The minimum Gasteiger partial charge on any atom is -0.345 e. The number of halogens is 3. The Bertz CT molecular complexity index is 269. The fourth-order valence-electron chi connectivity index (χ4n) is 0.968. The van der Waals surface area contributed by atoms with Crippen molar-refractivity contribution in [2.75, 3.05) is 24.7 Å². The van der Waals surface area contributed by atoms with Gasteiger partial charge >= 0.3 is 6.18 Å². The second kappa shape index (κ2) is 4.73. The lowest BCUT2D eigenvalue weighted by atomic mass is 10.4. The van der Waals surface area contributed by atoms with Gasteiger partial charge in [-0.15, -0.1) is 11.8 Å². The molecule has 0 aromatic heterocycles. The van der Waals surface area contributed by atoms with Crippen LogP contribution in [-0.4, -0.2) is 47.6 Å². The molecule has 1 N–H and O–H groups in total. The third-order valence-corrected chi connectivity index (χ3v) is 2.59. The molecule has 1 fully saturated rings. The van der Waals surface area contributed by atoms with E-state index < -0.39 is 18.6 Å². The predicted octanol–water partition coefficient (Wildman–Crippen LogP) is 0.198. The van der Waals surface area contributed by atoms with E-state index in [4.69, 9.17) is 0 Å². The molecular formula is C7H9F3N2O2S. The average Bonchev–Trinajstić information content (AvgIpc) is 2.47. The largest absolute Gasteiger partial charge is 0.405 e. The summed E-state index contributed by atoms with van der Waals surface area (Å²) < 4.78 is 35.1. The lowest BCUT2D eigenvalue weighted by molar-refractivity contribution is -0.140. The SMILES string of the molecule is O=C(CN1CSCC1=O)NCC(F)(F)F. The molecule has 8 heteroatoms. The summed E-state index contributed by atoms with van der Waals surface area (Å²) in [5.41, 5.74) is 0. The molecule has 0 radical (unpaired) electrons. The number of hydrogen-bond acceptors (Lipinski definition) is 3. The van der Waals surface area contributed by atoms with Crippen LogP contribution in [0.2, 0.25) is 0 Å². The van der Waals surface area contributed by atoms with Crippen molar-refractivity contribution in [1.82, 2.24) is 10.2 Å². The van der Waals surface area contributed by atoms with E-state index in [9.17, 15) is 22.8 Å². The van der Waals surface area contributed by atoms with Crippen LogP contribution in [0.15, 0.2) is 0 Å². The Balaban J connectivity index is 2.27. The third-order valence-electron chi connectivity index (χ3n) is 1.65. The summed E-state index contributed by atoms with van der Waals surface area (Å²) in [5, 5.41) is 1.70. The molecule has 0 aromatic carbocycles. The van der Waals surface area contributed by atoms with Crippen molar-refractivity contribution in [3.8, 4) is 0 Å². The van der Waals surface area contributed by atoms with Crippen LogP contribution < -0.4 is 5.32 Å². The molecule has 0 aromatic rings. The second-order valence-corrected chi connectivity index (χ2v) is 3.92. The van der Waals surface area contributed by atoms with Gasteiger partial charge in [0, 0.05) is 0 Å². The summed E-state index contributed by atoms with van der Waals surface area (Å²) >= 11 is 1.33. The number of rotatable bonds is 3. The molecule has 4 nitrogen and oxygen atoms in total. The first-order valence-corrected chi connectivity index (χ1v) is 5.23.